The second-order valence-electron chi connectivity index (χ2n) is 2.76. The van der Waals surface area contributed by atoms with E-state index < -0.39 is 0 Å². The van der Waals surface area contributed by atoms with Gasteiger partial charge in [-0.15, -0.1) is 0 Å². The predicted octanol–water partition coefficient (Wildman–Crippen LogP) is 0.394. The fourth-order valence-corrected chi connectivity index (χ4v) is 1.04. The van der Waals surface area contributed by atoms with E-state index in [0.29, 0.717) is 18.2 Å². The van der Waals surface area contributed by atoms with Gasteiger partial charge in [0, 0.05) is 6.20 Å². The molecule has 0 amide bonds. The third kappa shape index (κ3) is 1.98. The maximum atomic E-state index is 5.47. The number of anilines is 2. The van der Waals surface area contributed by atoms with Crippen molar-refractivity contribution >= 4 is 11.6 Å². The summed E-state index contributed by atoms with van der Waals surface area (Å²) in [5, 5.41) is 9.72. The summed E-state index contributed by atoms with van der Waals surface area (Å²) in [5.74, 6) is 1.05. The SMILES string of the molecule is Nc1cncc(NCc2ccn[nH]2)n1. The van der Waals surface area contributed by atoms with Crippen molar-refractivity contribution in [3.8, 4) is 0 Å². The first-order valence-corrected chi connectivity index (χ1v) is 4.14. The van der Waals surface area contributed by atoms with Gasteiger partial charge in [0.2, 0.25) is 0 Å². The molecular formula is C8H10N6. The molecule has 6 nitrogen and oxygen atoms in total. The Hall–Kier alpha value is -2.11. The Kier molecular flexibility index (Phi) is 2.26. The Morgan fingerprint density at radius 1 is 1.43 bits per heavy atom. The lowest BCUT2D eigenvalue weighted by molar-refractivity contribution is 0.972. The van der Waals surface area contributed by atoms with E-state index in [0.717, 1.165) is 5.69 Å². The van der Waals surface area contributed by atoms with Crippen LogP contribution in [-0.4, -0.2) is 20.2 Å². The Bertz CT molecular complexity index is 396. The standard InChI is InChI=1S/C8H10N6/c9-7-4-10-5-8(13-7)11-3-6-1-2-12-14-6/h1-2,4-5H,3H2,(H,12,14)(H3,9,11,13). The first-order valence-electron chi connectivity index (χ1n) is 4.14. The van der Waals surface area contributed by atoms with E-state index >= 15 is 0 Å². The van der Waals surface area contributed by atoms with Crippen LogP contribution in [0.1, 0.15) is 5.69 Å². The van der Waals surface area contributed by atoms with Gasteiger partial charge in [0.1, 0.15) is 11.6 Å². The van der Waals surface area contributed by atoms with E-state index in [9.17, 15) is 0 Å². The molecule has 0 radical (unpaired) electrons. The van der Waals surface area contributed by atoms with Gasteiger partial charge in [-0.05, 0) is 6.07 Å². The van der Waals surface area contributed by atoms with Crippen LogP contribution in [0.15, 0.2) is 24.7 Å². The molecule has 14 heavy (non-hydrogen) atoms. The summed E-state index contributed by atoms with van der Waals surface area (Å²) in [6.45, 7) is 0.623. The third-order valence-electron chi connectivity index (χ3n) is 1.67. The van der Waals surface area contributed by atoms with Gasteiger partial charge < -0.3 is 11.1 Å². The molecule has 2 aromatic rings. The van der Waals surface area contributed by atoms with Crippen molar-refractivity contribution in [2.45, 2.75) is 6.54 Å². The van der Waals surface area contributed by atoms with E-state index in [4.69, 9.17) is 5.73 Å². The number of nitrogens with one attached hydrogen (secondary N) is 2. The maximum absolute atomic E-state index is 5.47. The highest BCUT2D eigenvalue weighted by Gasteiger charge is 1.96. The Morgan fingerprint density at radius 2 is 2.36 bits per heavy atom. The van der Waals surface area contributed by atoms with Crippen molar-refractivity contribution in [2.24, 2.45) is 0 Å². The minimum absolute atomic E-state index is 0.402. The Morgan fingerprint density at radius 3 is 3.07 bits per heavy atom. The van der Waals surface area contributed by atoms with Gasteiger partial charge in [-0.2, -0.15) is 5.10 Å². The minimum atomic E-state index is 0.402. The normalized spacial score (nSPS) is 10.0. The summed E-state index contributed by atoms with van der Waals surface area (Å²) in [5.41, 5.74) is 6.45. The molecule has 0 saturated heterocycles. The number of nitrogens with two attached hydrogens (primary N) is 1. The van der Waals surface area contributed by atoms with E-state index in [2.05, 4.69) is 25.5 Å². The molecular weight excluding hydrogens is 180 g/mol. The number of H-pyrrole nitrogens is 1. The van der Waals surface area contributed by atoms with Crippen LogP contribution in [0.5, 0.6) is 0 Å². The van der Waals surface area contributed by atoms with Crippen LogP contribution in [0.25, 0.3) is 0 Å². The van der Waals surface area contributed by atoms with Crippen molar-refractivity contribution < 1.29 is 0 Å². The zero-order valence-electron chi connectivity index (χ0n) is 7.44. The smallest absolute Gasteiger partial charge is 0.147 e. The zero-order chi connectivity index (χ0) is 9.80. The molecule has 2 heterocycles. The van der Waals surface area contributed by atoms with Gasteiger partial charge in [-0.25, -0.2) is 4.98 Å². The summed E-state index contributed by atoms with van der Waals surface area (Å²) in [4.78, 5) is 7.95. The number of aromatic nitrogens is 4. The van der Waals surface area contributed by atoms with Crippen molar-refractivity contribution in [3.05, 3.63) is 30.4 Å². The maximum Gasteiger partial charge on any atom is 0.147 e. The van der Waals surface area contributed by atoms with Gasteiger partial charge in [0.05, 0.1) is 24.6 Å². The minimum Gasteiger partial charge on any atom is -0.382 e. The lowest BCUT2D eigenvalue weighted by Gasteiger charge is -2.02. The highest BCUT2D eigenvalue weighted by atomic mass is 15.1. The number of nitrogens with zero attached hydrogens (tertiary/aromatic N) is 3. The molecule has 0 fully saturated rings. The Balaban J connectivity index is 1.98. The van der Waals surface area contributed by atoms with Gasteiger partial charge in [0.15, 0.2) is 0 Å². The van der Waals surface area contributed by atoms with Gasteiger partial charge in [-0.3, -0.25) is 10.1 Å². The summed E-state index contributed by atoms with van der Waals surface area (Å²) < 4.78 is 0. The molecule has 2 rings (SSSR count). The number of aromatic amines is 1. The highest BCUT2D eigenvalue weighted by Crippen LogP contribution is 2.04. The summed E-state index contributed by atoms with van der Waals surface area (Å²) in [6, 6.07) is 1.88. The van der Waals surface area contributed by atoms with Crippen molar-refractivity contribution in [1.29, 1.82) is 0 Å². The number of hydrogen-bond donors (Lipinski definition) is 3. The third-order valence-corrected chi connectivity index (χ3v) is 1.67. The molecule has 0 atom stereocenters. The molecule has 0 aliphatic carbocycles. The van der Waals surface area contributed by atoms with Gasteiger partial charge in [0.25, 0.3) is 0 Å². The number of hydrogen-bond acceptors (Lipinski definition) is 5. The van der Waals surface area contributed by atoms with E-state index in [1.54, 1.807) is 12.4 Å². The van der Waals surface area contributed by atoms with Gasteiger partial charge >= 0.3 is 0 Å². The van der Waals surface area contributed by atoms with Crippen LogP contribution < -0.4 is 11.1 Å². The van der Waals surface area contributed by atoms with Crippen LogP contribution in [0.3, 0.4) is 0 Å². The van der Waals surface area contributed by atoms with Crippen LogP contribution in [0, 0.1) is 0 Å². The molecule has 2 aromatic heterocycles. The summed E-state index contributed by atoms with van der Waals surface area (Å²) in [7, 11) is 0. The molecule has 0 aliphatic heterocycles. The molecule has 0 aromatic carbocycles. The van der Waals surface area contributed by atoms with E-state index in [-0.39, 0.29) is 0 Å². The first kappa shape index (κ1) is 8.49. The van der Waals surface area contributed by atoms with Crippen LogP contribution in [-0.2, 0) is 6.54 Å². The first-order chi connectivity index (χ1) is 6.84. The van der Waals surface area contributed by atoms with Crippen LogP contribution in [0.2, 0.25) is 0 Å². The predicted molar refractivity (Wildman–Crippen MR) is 52.4 cm³/mol. The quantitative estimate of drug-likeness (QED) is 0.651. The molecule has 0 unspecified atom stereocenters. The number of rotatable bonds is 3. The fraction of sp³-hybridized carbons (Fsp3) is 0.125. The molecule has 6 heteroatoms. The number of nitrogen functional groups attached to an aromatic ring is 1. The van der Waals surface area contributed by atoms with Crippen molar-refractivity contribution in [2.75, 3.05) is 11.1 Å². The van der Waals surface area contributed by atoms with E-state index in [1.807, 2.05) is 6.07 Å². The molecule has 72 valence electrons. The van der Waals surface area contributed by atoms with E-state index in [1.165, 1.54) is 6.20 Å². The fourth-order valence-electron chi connectivity index (χ4n) is 1.04. The summed E-state index contributed by atoms with van der Waals surface area (Å²) in [6.07, 6.45) is 4.82. The monoisotopic (exact) mass is 190 g/mol. The highest BCUT2D eigenvalue weighted by molar-refractivity contribution is 5.38. The lowest BCUT2D eigenvalue weighted by Crippen LogP contribution is -2.03. The molecule has 0 aliphatic rings. The Labute approximate surface area is 80.6 Å². The second-order valence-corrected chi connectivity index (χ2v) is 2.76. The van der Waals surface area contributed by atoms with Crippen molar-refractivity contribution in [3.63, 3.8) is 0 Å². The lowest BCUT2D eigenvalue weighted by atomic mass is 10.4. The average molecular weight is 190 g/mol. The molecule has 0 saturated carbocycles. The second kappa shape index (κ2) is 3.73. The largest absolute Gasteiger partial charge is 0.382 e. The summed E-state index contributed by atoms with van der Waals surface area (Å²) >= 11 is 0. The van der Waals surface area contributed by atoms with Crippen LogP contribution >= 0.6 is 0 Å². The molecule has 0 spiro atoms. The van der Waals surface area contributed by atoms with Gasteiger partial charge in [-0.1, -0.05) is 0 Å². The molecule has 4 N–H and O–H groups in total. The average Bonchev–Trinajstić information content (AvgIpc) is 2.67. The molecule has 0 bridgehead atoms. The topological polar surface area (TPSA) is 92.5 Å². The van der Waals surface area contributed by atoms with Crippen LogP contribution in [0.4, 0.5) is 11.6 Å². The van der Waals surface area contributed by atoms with Crippen molar-refractivity contribution in [1.82, 2.24) is 20.2 Å². The zero-order valence-corrected chi connectivity index (χ0v) is 7.44.